The number of nitrogens with one attached hydrogen (secondary N) is 1. The van der Waals surface area contributed by atoms with Gasteiger partial charge in [-0.05, 0) is 56.0 Å². The summed E-state index contributed by atoms with van der Waals surface area (Å²) in [6, 6.07) is 15.2. The van der Waals surface area contributed by atoms with Crippen LogP contribution >= 0.6 is 11.6 Å². The first-order valence-corrected chi connectivity index (χ1v) is 9.26. The van der Waals surface area contributed by atoms with Gasteiger partial charge in [-0.25, -0.2) is 0 Å². The number of halogens is 1. The van der Waals surface area contributed by atoms with Crippen molar-refractivity contribution in [2.24, 2.45) is 5.41 Å². The van der Waals surface area contributed by atoms with Crippen molar-refractivity contribution in [1.29, 1.82) is 0 Å². The topological polar surface area (TPSA) is 49.4 Å². The largest absolute Gasteiger partial charge is 0.351 e. The molecule has 2 aromatic rings. The molecule has 2 aromatic carbocycles. The molecule has 1 aliphatic rings. The number of hydrogen-bond donors (Lipinski definition) is 1. The third kappa shape index (κ3) is 3.61. The highest BCUT2D eigenvalue weighted by Gasteiger charge is 2.58. The molecule has 0 bridgehead atoms. The minimum absolute atomic E-state index is 0.123. The molecule has 1 saturated carbocycles. The summed E-state index contributed by atoms with van der Waals surface area (Å²) in [4.78, 5) is 27.6. The van der Waals surface area contributed by atoms with Crippen LogP contribution in [-0.2, 0) is 16.1 Å². The molecule has 1 aliphatic carbocycles. The average Bonchev–Trinajstić information content (AvgIpc) is 3.43. The van der Waals surface area contributed by atoms with Crippen LogP contribution in [0.5, 0.6) is 0 Å². The van der Waals surface area contributed by atoms with Gasteiger partial charge in [0.25, 0.3) is 0 Å². The molecular formula is C21H23ClN2O2. The third-order valence-electron chi connectivity index (χ3n) is 4.87. The van der Waals surface area contributed by atoms with Crippen molar-refractivity contribution < 1.29 is 9.59 Å². The Morgan fingerprint density at radius 1 is 1.15 bits per heavy atom. The predicted molar refractivity (Wildman–Crippen MR) is 104 cm³/mol. The molecule has 0 saturated heterocycles. The summed E-state index contributed by atoms with van der Waals surface area (Å²) < 4.78 is 0. The van der Waals surface area contributed by atoms with E-state index in [2.05, 4.69) is 5.32 Å². The van der Waals surface area contributed by atoms with Crippen molar-refractivity contribution >= 4 is 29.1 Å². The standard InChI is InChI=1S/C21H23ClN2O2/c1-3-24(17-9-6-7-15(2)13-17)20(26)21(11-12-21)19(25)23-14-16-8-4-5-10-18(16)22/h4-10,13H,3,11-12,14H2,1-2H3,(H,23,25). The molecule has 0 aliphatic heterocycles. The quantitative estimate of drug-likeness (QED) is 0.778. The van der Waals surface area contributed by atoms with Crippen molar-refractivity contribution in [1.82, 2.24) is 5.32 Å². The Hall–Kier alpha value is -2.33. The van der Waals surface area contributed by atoms with E-state index in [-0.39, 0.29) is 11.8 Å². The molecule has 5 heteroatoms. The fourth-order valence-corrected chi connectivity index (χ4v) is 3.35. The molecular weight excluding hydrogens is 348 g/mol. The predicted octanol–water partition coefficient (Wildman–Crippen LogP) is 4.10. The summed E-state index contributed by atoms with van der Waals surface area (Å²) >= 11 is 6.14. The van der Waals surface area contributed by atoms with E-state index in [1.54, 1.807) is 11.0 Å². The van der Waals surface area contributed by atoms with Crippen LogP contribution in [0.15, 0.2) is 48.5 Å². The maximum Gasteiger partial charge on any atom is 0.242 e. The van der Waals surface area contributed by atoms with Crippen LogP contribution in [0, 0.1) is 12.3 Å². The summed E-state index contributed by atoms with van der Waals surface area (Å²) in [6.45, 7) is 4.77. The molecule has 1 N–H and O–H groups in total. The lowest BCUT2D eigenvalue weighted by Crippen LogP contribution is -2.45. The molecule has 4 nitrogen and oxygen atoms in total. The van der Waals surface area contributed by atoms with Crippen LogP contribution in [0.2, 0.25) is 5.02 Å². The van der Waals surface area contributed by atoms with Crippen LogP contribution in [0.25, 0.3) is 0 Å². The smallest absolute Gasteiger partial charge is 0.242 e. The van der Waals surface area contributed by atoms with Crippen molar-refractivity contribution in [3.05, 3.63) is 64.7 Å². The Morgan fingerprint density at radius 2 is 1.88 bits per heavy atom. The molecule has 0 unspecified atom stereocenters. The molecule has 0 spiro atoms. The number of anilines is 1. The van der Waals surface area contributed by atoms with E-state index < -0.39 is 5.41 Å². The van der Waals surface area contributed by atoms with Crippen molar-refractivity contribution in [2.75, 3.05) is 11.4 Å². The second-order valence-electron chi connectivity index (χ2n) is 6.74. The second kappa shape index (κ2) is 7.50. The molecule has 26 heavy (non-hydrogen) atoms. The van der Waals surface area contributed by atoms with Gasteiger partial charge in [-0.2, -0.15) is 0 Å². The Morgan fingerprint density at radius 3 is 2.50 bits per heavy atom. The van der Waals surface area contributed by atoms with Crippen molar-refractivity contribution in [2.45, 2.75) is 33.2 Å². The fourth-order valence-electron chi connectivity index (χ4n) is 3.15. The van der Waals surface area contributed by atoms with Gasteiger partial charge in [0.2, 0.25) is 11.8 Å². The number of rotatable bonds is 6. The Labute approximate surface area is 159 Å². The van der Waals surface area contributed by atoms with Gasteiger partial charge in [-0.3, -0.25) is 9.59 Å². The summed E-state index contributed by atoms with van der Waals surface area (Å²) in [5, 5.41) is 3.50. The lowest BCUT2D eigenvalue weighted by atomic mass is 10.0. The minimum atomic E-state index is -0.943. The number of benzene rings is 2. The number of amides is 2. The van der Waals surface area contributed by atoms with Crippen LogP contribution in [0.1, 0.15) is 30.9 Å². The fraction of sp³-hybridized carbons (Fsp3) is 0.333. The van der Waals surface area contributed by atoms with Crippen LogP contribution in [-0.4, -0.2) is 18.4 Å². The van der Waals surface area contributed by atoms with E-state index in [9.17, 15) is 9.59 Å². The molecule has 3 rings (SSSR count). The molecule has 0 radical (unpaired) electrons. The van der Waals surface area contributed by atoms with Gasteiger partial charge in [0.15, 0.2) is 0 Å². The van der Waals surface area contributed by atoms with Crippen molar-refractivity contribution in [3.8, 4) is 0 Å². The highest BCUT2D eigenvalue weighted by atomic mass is 35.5. The summed E-state index contributed by atoms with van der Waals surface area (Å²) in [7, 11) is 0. The van der Waals surface area contributed by atoms with E-state index in [0.29, 0.717) is 31.0 Å². The average molecular weight is 371 g/mol. The van der Waals surface area contributed by atoms with Crippen molar-refractivity contribution in [3.63, 3.8) is 0 Å². The Balaban J connectivity index is 1.73. The van der Waals surface area contributed by atoms with Gasteiger partial charge in [0.1, 0.15) is 5.41 Å². The van der Waals surface area contributed by atoms with E-state index in [4.69, 9.17) is 11.6 Å². The van der Waals surface area contributed by atoms with Gasteiger partial charge >= 0.3 is 0 Å². The van der Waals surface area contributed by atoms with Gasteiger partial charge in [0.05, 0.1) is 0 Å². The monoisotopic (exact) mass is 370 g/mol. The van der Waals surface area contributed by atoms with E-state index in [1.807, 2.05) is 56.3 Å². The zero-order valence-corrected chi connectivity index (χ0v) is 15.8. The SMILES string of the molecule is CCN(C(=O)C1(C(=O)NCc2ccccc2Cl)CC1)c1cccc(C)c1. The summed E-state index contributed by atoms with van der Waals surface area (Å²) in [6.07, 6.45) is 1.17. The lowest BCUT2D eigenvalue weighted by Gasteiger charge is -2.26. The molecule has 136 valence electrons. The number of nitrogens with zero attached hydrogens (tertiary/aromatic N) is 1. The number of aryl methyl sites for hydroxylation is 1. The van der Waals surface area contributed by atoms with Gasteiger partial charge < -0.3 is 10.2 Å². The third-order valence-corrected chi connectivity index (χ3v) is 5.23. The van der Waals surface area contributed by atoms with Crippen LogP contribution in [0.4, 0.5) is 5.69 Å². The van der Waals surface area contributed by atoms with Gasteiger partial charge in [-0.15, -0.1) is 0 Å². The zero-order chi connectivity index (χ0) is 18.7. The number of hydrogen-bond acceptors (Lipinski definition) is 2. The van der Waals surface area contributed by atoms with E-state index in [0.717, 1.165) is 16.8 Å². The highest BCUT2D eigenvalue weighted by molar-refractivity contribution is 6.31. The van der Waals surface area contributed by atoms with Gasteiger partial charge in [0, 0.05) is 23.8 Å². The Bertz CT molecular complexity index is 830. The van der Waals surface area contributed by atoms with E-state index in [1.165, 1.54) is 0 Å². The van der Waals surface area contributed by atoms with Gasteiger partial charge in [-0.1, -0.05) is 41.9 Å². The van der Waals surface area contributed by atoms with E-state index >= 15 is 0 Å². The first kappa shape index (κ1) is 18.5. The highest BCUT2D eigenvalue weighted by Crippen LogP contribution is 2.48. The second-order valence-corrected chi connectivity index (χ2v) is 7.15. The summed E-state index contributed by atoms with van der Waals surface area (Å²) in [5.41, 5.74) is 1.82. The Kier molecular flexibility index (Phi) is 5.33. The maximum atomic E-state index is 13.1. The number of carbonyl (C=O) groups excluding carboxylic acids is 2. The zero-order valence-electron chi connectivity index (χ0n) is 15.1. The normalized spacial score (nSPS) is 14.6. The van der Waals surface area contributed by atoms with Crippen LogP contribution < -0.4 is 10.2 Å². The molecule has 0 atom stereocenters. The molecule has 2 amide bonds. The summed E-state index contributed by atoms with van der Waals surface area (Å²) in [5.74, 6) is -0.337. The molecule has 0 heterocycles. The minimum Gasteiger partial charge on any atom is -0.351 e. The first-order valence-electron chi connectivity index (χ1n) is 8.88. The maximum absolute atomic E-state index is 13.1. The lowest BCUT2D eigenvalue weighted by molar-refractivity contribution is -0.135. The molecule has 0 aromatic heterocycles. The van der Waals surface area contributed by atoms with Crippen LogP contribution in [0.3, 0.4) is 0 Å². The molecule has 1 fully saturated rings. The first-order chi connectivity index (χ1) is 12.5. The number of carbonyl (C=O) groups is 2.